The van der Waals surface area contributed by atoms with Gasteiger partial charge in [-0.2, -0.15) is 5.26 Å². The van der Waals surface area contributed by atoms with Crippen LogP contribution in [0.4, 0.5) is 5.69 Å². The number of nitrogens with zero attached hydrogens (tertiary/aromatic N) is 6. The number of allylic oxidation sites excluding steroid dienone is 1. The fourth-order valence-corrected chi connectivity index (χ4v) is 3.12. The molecule has 3 aromatic heterocycles. The van der Waals surface area contributed by atoms with Crippen LogP contribution < -0.4 is 10.1 Å². The van der Waals surface area contributed by atoms with E-state index >= 15 is 0 Å². The number of pyridine rings is 2. The summed E-state index contributed by atoms with van der Waals surface area (Å²) in [5.74, 6) is 0.285. The van der Waals surface area contributed by atoms with Crippen LogP contribution in [0.25, 0.3) is 22.5 Å². The normalized spacial score (nSPS) is 10.3. The van der Waals surface area contributed by atoms with Crippen LogP contribution in [0, 0.1) is 18.3 Å². The molecule has 0 bridgehead atoms. The van der Waals surface area contributed by atoms with Crippen LogP contribution in [-0.4, -0.2) is 38.0 Å². The van der Waals surface area contributed by atoms with Gasteiger partial charge in [-0.05, 0) is 36.8 Å². The third-order valence-corrected chi connectivity index (χ3v) is 4.91. The minimum atomic E-state index is -0.332. The van der Waals surface area contributed by atoms with E-state index in [0.717, 1.165) is 5.56 Å². The van der Waals surface area contributed by atoms with E-state index in [1.165, 1.54) is 0 Å². The Hall–Kier alpha value is -4.84. The van der Waals surface area contributed by atoms with E-state index in [9.17, 15) is 4.79 Å². The SMILES string of the molecule is C=C(C#N)c1cccc(C(=O)Nc2cnc(C)c(-n3cc(-c4cncc(OC)c4)nn3)c2)c1. The van der Waals surface area contributed by atoms with Crippen LogP contribution in [0.2, 0.25) is 0 Å². The van der Waals surface area contributed by atoms with Crippen molar-refractivity contribution < 1.29 is 9.53 Å². The highest BCUT2D eigenvalue weighted by atomic mass is 16.5. The second-order valence-corrected chi connectivity index (χ2v) is 7.12. The Balaban J connectivity index is 1.59. The average Bonchev–Trinajstić information content (AvgIpc) is 3.35. The summed E-state index contributed by atoms with van der Waals surface area (Å²) in [4.78, 5) is 21.3. The molecule has 0 aliphatic heterocycles. The first kappa shape index (κ1) is 21.4. The van der Waals surface area contributed by atoms with Gasteiger partial charge in [-0.3, -0.25) is 14.8 Å². The number of hydrogen-bond acceptors (Lipinski definition) is 7. The third kappa shape index (κ3) is 4.60. The van der Waals surface area contributed by atoms with Gasteiger partial charge in [0.25, 0.3) is 5.91 Å². The molecule has 9 nitrogen and oxygen atoms in total. The maximum atomic E-state index is 12.8. The van der Waals surface area contributed by atoms with Crippen molar-refractivity contribution in [2.45, 2.75) is 6.92 Å². The van der Waals surface area contributed by atoms with Crippen LogP contribution in [0.1, 0.15) is 21.6 Å². The number of nitrogens with one attached hydrogen (secondary N) is 1. The molecule has 1 aromatic carbocycles. The van der Waals surface area contributed by atoms with Crippen LogP contribution in [0.15, 0.2) is 67.8 Å². The Kier molecular flexibility index (Phi) is 5.91. The number of ether oxygens (including phenoxy) is 1. The number of hydrogen-bond donors (Lipinski definition) is 1. The third-order valence-electron chi connectivity index (χ3n) is 4.91. The molecule has 0 radical (unpaired) electrons. The molecule has 0 aliphatic carbocycles. The molecule has 1 N–H and O–H groups in total. The van der Waals surface area contributed by atoms with E-state index in [0.29, 0.717) is 39.6 Å². The minimum Gasteiger partial charge on any atom is -0.495 e. The molecule has 0 atom stereocenters. The first-order valence-electron chi connectivity index (χ1n) is 9.88. The second kappa shape index (κ2) is 9.11. The first-order chi connectivity index (χ1) is 16.0. The lowest BCUT2D eigenvalue weighted by Crippen LogP contribution is -2.13. The Morgan fingerprint density at radius 2 is 2.00 bits per heavy atom. The molecule has 1 amide bonds. The summed E-state index contributed by atoms with van der Waals surface area (Å²) < 4.78 is 6.80. The van der Waals surface area contributed by atoms with E-state index in [2.05, 4.69) is 32.2 Å². The van der Waals surface area contributed by atoms with Gasteiger partial charge in [0.05, 0.1) is 54.4 Å². The molecule has 3 heterocycles. The molecular formula is C24H19N7O2. The van der Waals surface area contributed by atoms with Crippen LogP contribution >= 0.6 is 0 Å². The number of aryl methyl sites for hydroxylation is 1. The zero-order chi connectivity index (χ0) is 23.4. The number of aromatic nitrogens is 5. The highest BCUT2D eigenvalue weighted by Crippen LogP contribution is 2.23. The number of carbonyl (C=O) groups excluding carboxylic acids is 1. The maximum Gasteiger partial charge on any atom is 0.255 e. The Labute approximate surface area is 190 Å². The van der Waals surface area contributed by atoms with Crippen LogP contribution in [0.3, 0.4) is 0 Å². The van der Waals surface area contributed by atoms with Crippen molar-refractivity contribution in [3.63, 3.8) is 0 Å². The van der Waals surface area contributed by atoms with Crippen molar-refractivity contribution in [3.05, 3.63) is 84.6 Å². The smallest absolute Gasteiger partial charge is 0.255 e. The molecule has 4 rings (SSSR count). The summed E-state index contributed by atoms with van der Waals surface area (Å²) in [7, 11) is 1.57. The van der Waals surface area contributed by atoms with Gasteiger partial charge in [0.15, 0.2) is 0 Å². The number of anilines is 1. The van der Waals surface area contributed by atoms with Gasteiger partial charge in [-0.15, -0.1) is 5.10 Å². The Morgan fingerprint density at radius 3 is 2.79 bits per heavy atom. The number of amides is 1. The number of methoxy groups -OCH3 is 1. The van der Waals surface area contributed by atoms with E-state index in [4.69, 9.17) is 10.00 Å². The molecule has 0 saturated carbocycles. The number of nitriles is 1. The van der Waals surface area contributed by atoms with Crippen molar-refractivity contribution in [2.75, 3.05) is 12.4 Å². The molecule has 4 aromatic rings. The standard InChI is InChI=1S/C24H19N7O2/c1-15(10-25)17-5-4-6-18(7-17)24(32)28-20-9-23(16(2)27-12-20)31-14-22(29-30-31)19-8-21(33-3)13-26-11-19/h4-9,11-14H,1H2,2-3H3,(H,28,32). The van der Waals surface area contributed by atoms with Gasteiger partial charge in [0.2, 0.25) is 0 Å². The lowest BCUT2D eigenvalue weighted by Gasteiger charge is -2.10. The molecule has 33 heavy (non-hydrogen) atoms. The molecule has 0 saturated heterocycles. The number of benzene rings is 1. The fourth-order valence-electron chi connectivity index (χ4n) is 3.12. The summed E-state index contributed by atoms with van der Waals surface area (Å²) in [5, 5.41) is 20.3. The minimum absolute atomic E-state index is 0.289. The van der Waals surface area contributed by atoms with E-state index in [-0.39, 0.29) is 11.5 Å². The van der Waals surface area contributed by atoms with Gasteiger partial charge < -0.3 is 10.1 Å². The van der Waals surface area contributed by atoms with Crippen LogP contribution in [-0.2, 0) is 0 Å². The number of carbonyl (C=O) groups is 1. The Morgan fingerprint density at radius 1 is 1.18 bits per heavy atom. The molecule has 0 spiro atoms. The quantitative estimate of drug-likeness (QED) is 0.455. The maximum absolute atomic E-state index is 12.8. The highest BCUT2D eigenvalue weighted by molar-refractivity contribution is 6.04. The van der Waals surface area contributed by atoms with Crippen molar-refractivity contribution >= 4 is 17.2 Å². The Bertz CT molecular complexity index is 1400. The summed E-state index contributed by atoms with van der Waals surface area (Å²) in [5.41, 5.74) is 4.52. The molecule has 9 heteroatoms. The predicted octanol–water partition coefficient (Wildman–Crippen LogP) is 3.83. The topological polar surface area (TPSA) is 119 Å². The van der Waals surface area contributed by atoms with Gasteiger partial charge in [-0.1, -0.05) is 23.9 Å². The fraction of sp³-hybridized carbons (Fsp3) is 0.0833. The monoisotopic (exact) mass is 437 g/mol. The average molecular weight is 437 g/mol. The van der Waals surface area contributed by atoms with Gasteiger partial charge >= 0.3 is 0 Å². The van der Waals surface area contributed by atoms with Crippen molar-refractivity contribution in [1.82, 2.24) is 25.0 Å². The second-order valence-electron chi connectivity index (χ2n) is 7.12. The van der Waals surface area contributed by atoms with Crippen molar-refractivity contribution in [3.8, 4) is 28.8 Å². The summed E-state index contributed by atoms with van der Waals surface area (Å²) in [6.45, 7) is 5.53. The van der Waals surface area contributed by atoms with E-state index in [1.807, 2.05) is 19.1 Å². The zero-order valence-electron chi connectivity index (χ0n) is 18.0. The summed E-state index contributed by atoms with van der Waals surface area (Å²) >= 11 is 0. The summed E-state index contributed by atoms with van der Waals surface area (Å²) in [6, 6.07) is 12.3. The largest absolute Gasteiger partial charge is 0.495 e. The van der Waals surface area contributed by atoms with Gasteiger partial charge in [0, 0.05) is 17.3 Å². The number of rotatable bonds is 6. The molecule has 162 valence electrons. The molecule has 0 unspecified atom stereocenters. The highest BCUT2D eigenvalue weighted by Gasteiger charge is 2.13. The summed E-state index contributed by atoms with van der Waals surface area (Å²) in [6.07, 6.45) is 6.61. The van der Waals surface area contributed by atoms with Crippen molar-refractivity contribution in [2.24, 2.45) is 0 Å². The lowest BCUT2D eigenvalue weighted by atomic mass is 10.1. The molecule has 0 fully saturated rings. The predicted molar refractivity (Wildman–Crippen MR) is 123 cm³/mol. The van der Waals surface area contributed by atoms with E-state index < -0.39 is 0 Å². The molecule has 0 aliphatic rings. The first-order valence-corrected chi connectivity index (χ1v) is 9.88. The van der Waals surface area contributed by atoms with E-state index in [1.54, 1.807) is 66.9 Å². The van der Waals surface area contributed by atoms with Crippen molar-refractivity contribution in [1.29, 1.82) is 5.26 Å². The van der Waals surface area contributed by atoms with Crippen LogP contribution in [0.5, 0.6) is 5.75 Å². The lowest BCUT2D eigenvalue weighted by molar-refractivity contribution is 0.102. The van der Waals surface area contributed by atoms with Gasteiger partial charge in [0.1, 0.15) is 11.4 Å². The zero-order valence-corrected chi connectivity index (χ0v) is 18.0. The molecular weight excluding hydrogens is 418 g/mol. The van der Waals surface area contributed by atoms with Gasteiger partial charge in [-0.25, -0.2) is 4.68 Å².